The Hall–Kier alpha value is -2.99. The molecule has 0 aliphatic carbocycles. The number of carbonyl (C=O) groups is 2. The molecule has 0 saturated carbocycles. The van der Waals surface area contributed by atoms with Crippen molar-refractivity contribution in [3.05, 3.63) is 47.6 Å². The fraction of sp³-hybridized carbons (Fsp3) is 0.524. The predicted molar refractivity (Wildman–Crippen MR) is 106 cm³/mol. The highest BCUT2D eigenvalue weighted by molar-refractivity contribution is 5.91. The standard InChI is InChI=1S/C19H23N3O4.C2HF3O2/c1-14-10-17(26-21-14)18(23)22-8-4-19(5-9-22)11-16(13-25-19)24-12-15-2-6-20-7-3-15;3-2(4,5)1(6)7/h2-3,6-7,10,16H,4-5,8-9,11-13H2,1H3;(H,6,7). The minimum Gasteiger partial charge on any atom is -0.475 e. The first-order valence-corrected chi connectivity index (χ1v) is 10.3. The number of carboxylic acid groups (broad SMARTS) is 1. The van der Waals surface area contributed by atoms with Crippen molar-refractivity contribution in [2.24, 2.45) is 0 Å². The Morgan fingerprint density at radius 2 is 1.91 bits per heavy atom. The Labute approximate surface area is 187 Å². The van der Waals surface area contributed by atoms with E-state index in [0.29, 0.717) is 32.1 Å². The molecule has 9 nitrogen and oxygen atoms in total. The summed E-state index contributed by atoms with van der Waals surface area (Å²) in [5.74, 6) is -2.54. The van der Waals surface area contributed by atoms with Crippen LogP contribution in [0.2, 0.25) is 0 Å². The van der Waals surface area contributed by atoms with Gasteiger partial charge in [0.05, 0.1) is 30.6 Å². The zero-order chi connectivity index (χ0) is 24.1. The number of halogens is 3. The monoisotopic (exact) mass is 471 g/mol. The summed E-state index contributed by atoms with van der Waals surface area (Å²) in [4.78, 5) is 27.2. The van der Waals surface area contributed by atoms with Crippen molar-refractivity contribution in [2.75, 3.05) is 19.7 Å². The molecule has 0 bridgehead atoms. The van der Waals surface area contributed by atoms with Crippen LogP contribution in [0, 0.1) is 6.92 Å². The number of pyridine rings is 1. The number of ether oxygens (including phenoxy) is 2. The number of aromatic nitrogens is 2. The summed E-state index contributed by atoms with van der Waals surface area (Å²) in [7, 11) is 0. The van der Waals surface area contributed by atoms with Crippen LogP contribution in [-0.2, 0) is 20.9 Å². The normalized spacial score (nSPS) is 19.8. The quantitative estimate of drug-likeness (QED) is 0.724. The highest BCUT2D eigenvalue weighted by Crippen LogP contribution is 2.37. The van der Waals surface area contributed by atoms with Gasteiger partial charge in [-0.2, -0.15) is 13.2 Å². The molecule has 33 heavy (non-hydrogen) atoms. The van der Waals surface area contributed by atoms with E-state index in [4.69, 9.17) is 23.9 Å². The molecule has 2 fully saturated rings. The van der Waals surface area contributed by atoms with Gasteiger partial charge in [0.2, 0.25) is 5.76 Å². The average molecular weight is 471 g/mol. The van der Waals surface area contributed by atoms with Gasteiger partial charge in [-0.15, -0.1) is 0 Å². The number of piperidine rings is 1. The van der Waals surface area contributed by atoms with Crippen molar-refractivity contribution >= 4 is 11.9 Å². The van der Waals surface area contributed by atoms with E-state index in [1.165, 1.54) is 0 Å². The summed E-state index contributed by atoms with van der Waals surface area (Å²) in [5.41, 5.74) is 1.66. The zero-order valence-corrected chi connectivity index (χ0v) is 17.9. The van der Waals surface area contributed by atoms with Crippen molar-refractivity contribution in [3.63, 3.8) is 0 Å². The van der Waals surface area contributed by atoms with Crippen LogP contribution < -0.4 is 0 Å². The molecule has 4 heterocycles. The van der Waals surface area contributed by atoms with Crippen molar-refractivity contribution < 1.29 is 41.9 Å². The van der Waals surface area contributed by atoms with E-state index >= 15 is 0 Å². The number of carboxylic acids is 1. The maximum Gasteiger partial charge on any atom is 0.490 e. The number of alkyl halides is 3. The minimum atomic E-state index is -5.08. The van der Waals surface area contributed by atoms with E-state index in [0.717, 1.165) is 30.5 Å². The summed E-state index contributed by atoms with van der Waals surface area (Å²) in [6.45, 7) is 4.32. The summed E-state index contributed by atoms with van der Waals surface area (Å²) < 4.78 is 48.9. The topological polar surface area (TPSA) is 115 Å². The van der Waals surface area contributed by atoms with Crippen LogP contribution in [0.25, 0.3) is 0 Å². The smallest absolute Gasteiger partial charge is 0.475 e. The lowest BCUT2D eigenvalue weighted by Crippen LogP contribution is -2.46. The van der Waals surface area contributed by atoms with Crippen molar-refractivity contribution in [1.82, 2.24) is 15.0 Å². The number of rotatable bonds is 4. The molecule has 2 aromatic rings. The third-order valence-corrected chi connectivity index (χ3v) is 5.45. The average Bonchev–Trinajstić information content (AvgIpc) is 3.39. The lowest BCUT2D eigenvalue weighted by Gasteiger charge is -2.38. The first-order valence-electron chi connectivity index (χ1n) is 10.3. The Balaban J connectivity index is 0.000000383. The van der Waals surface area contributed by atoms with E-state index in [2.05, 4.69) is 10.1 Å². The van der Waals surface area contributed by atoms with Crippen molar-refractivity contribution in [3.8, 4) is 0 Å². The maximum atomic E-state index is 12.5. The van der Waals surface area contributed by atoms with E-state index in [9.17, 15) is 18.0 Å². The molecule has 180 valence electrons. The predicted octanol–water partition coefficient (Wildman–Crippen LogP) is 2.99. The van der Waals surface area contributed by atoms with Crippen LogP contribution in [0.1, 0.15) is 41.1 Å². The zero-order valence-electron chi connectivity index (χ0n) is 17.9. The minimum absolute atomic E-state index is 0.0936. The van der Waals surface area contributed by atoms with Gasteiger partial charge in [0.15, 0.2) is 0 Å². The number of hydrogen-bond donors (Lipinski definition) is 1. The van der Waals surface area contributed by atoms with E-state index in [-0.39, 0.29) is 17.6 Å². The molecule has 4 rings (SSSR count). The van der Waals surface area contributed by atoms with Gasteiger partial charge >= 0.3 is 12.1 Å². The SMILES string of the molecule is Cc1cc(C(=O)N2CCC3(CC2)CC(OCc2ccncc2)CO3)on1.O=C(O)C(F)(F)F. The molecular formula is C21H24F3N3O6. The first-order chi connectivity index (χ1) is 15.6. The van der Waals surface area contributed by atoms with Crippen LogP contribution in [0.5, 0.6) is 0 Å². The Morgan fingerprint density at radius 3 is 2.45 bits per heavy atom. The number of hydrogen-bond acceptors (Lipinski definition) is 7. The highest BCUT2D eigenvalue weighted by atomic mass is 19.4. The second-order valence-corrected chi connectivity index (χ2v) is 7.91. The molecule has 0 radical (unpaired) electrons. The Bertz CT molecular complexity index is 942. The fourth-order valence-electron chi connectivity index (χ4n) is 3.69. The molecule has 1 amide bonds. The summed E-state index contributed by atoms with van der Waals surface area (Å²) in [5, 5.41) is 10.9. The van der Waals surface area contributed by atoms with Crippen LogP contribution in [-0.4, -0.2) is 69.6 Å². The van der Waals surface area contributed by atoms with Gasteiger partial charge in [0, 0.05) is 38.0 Å². The number of carbonyl (C=O) groups excluding carboxylic acids is 1. The summed E-state index contributed by atoms with van der Waals surface area (Å²) in [6, 6.07) is 5.60. The van der Waals surface area contributed by atoms with E-state index in [1.807, 2.05) is 24.0 Å². The molecule has 1 N–H and O–H groups in total. The van der Waals surface area contributed by atoms with Gasteiger partial charge in [-0.05, 0) is 37.5 Å². The lowest BCUT2D eigenvalue weighted by atomic mass is 9.88. The van der Waals surface area contributed by atoms with Crippen molar-refractivity contribution in [1.29, 1.82) is 0 Å². The molecule has 2 aliphatic rings. The molecule has 2 saturated heterocycles. The Kier molecular flexibility index (Phi) is 7.69. The summed E-state index contributed by atoms with van der Waals surface area (Å²) >= 11 is 0. The van der Waals surface area contributed by atoms with Crippen LogP contribution in [0.4, 0.5) is 13.2 Å². The van der Waals surface area contributed by atoms with Crippen LogP contribution in [0.3, 0.4) is 0 Å². The van der Waals surface area contributed by atoms with Crippen LogP contribution >= 0.6 is 0 Å². The van der Waals surface area contributed by atoms with E-state index < -0.39 is 12.1 Å². The molecule has 1 atom stereocenters. The molecule has 1 spiro atoms. The van der Waals surface area contributed by atoms with Gasteiger partial charge in [0.25, 0.3) is 5.91 Å². The number of aliphatic carboxylic acids is 1. The lowest BCUT2D eigenvalue weighted by molar-refractivity contribution is -0.192. The highest BCUT2D eigenvalue weighted by Gasteiger charge is 2.44. The van der Waals surface area contributed by atoms with Gasteiger partial charge in [-0.25, -0.2) is 4.79 Å². The van der Waals surface area contributed by atoms with Gasteiger partial charge in [-0.1, -0.05) is 5.16 Å². The van der Waals surface area contributed by atoms with Gasteiger partial charge < -0.3 is 24.0 Å². The van der Waals surface area contributed by atoms with Crippen LogP contribution in [0.15, 0.2) is 35.1 Å². The van der Waals surface area contributed by atoms with Gasteiger partial charge in [0.1, 0.15) is 0 Å². The Morgan fingerprint density at radius 1 is 1.27 bits per heavy atom. The van der Waals surface area contributed by atoms with E-state index in [1.54, 1.807) is 18.5 Å². The first kappa shape index (κ1) is 24.6. The third kappa shape index (κ3) is 6.75. The second-order valence-electron chi connectivity index (χ2n) is 7.91. The number of nitrogens with zero attached hydrogens (tertiary/aromatic N) is 3. The second kappa shape index (κ2) is 10.3. The molecule has 12 heteroatoms. The molecule has 2 aromatic heterocycles. The number of likely N-dealkylation sites (tertiary alicyclic amines) is 1. The molecule has 1 unspecified atom stereocenters. The van der Waals surface area contributed by atoms with Gasteiger partial charge in [-0.3, -0.25) is 9.78 Å². The maximum absolute atomic E-state index is 12.5. The molecule has 2 aliphatic heterocycles. The largest absolute Gasteiger partial charge is 0.490 e. The number of amides is 1. The van der Waals surface area contributed by atoms with Crippen molar-refractivity contribution in [2.45, 2.75) is 50.7 Å². The number of aryl methyl sites for hydroxylation is 1. The summed E-state index contributed by atoms with van der Waals surface area (Å²) in [6.07, 6.45) is 1.08. The third-order valence-electron chi connectivity index (χ3n) is 5.45. The molecular weight excluding hydrogens is 447 g/mol. The molecule has 0 aromatic carbocycles. The fourth-order valence-corrected chi connectivity index (χ4v) is 3.69.